The fourth-order valence-electron chi connectivity index (χ4n) is 2.93. The van der Waals surface area contributed by atoms with Crippen LogP contribution in [-0.2, 0) is 4.79 Å². The topological polar surface area (TPSA) is 46.2 Å². The molecule has 2 aromatic rings. The number of benzene rings is 2. The minimum Gasteiger partial charge on any atom is -0.349 e. The first-order valence-corrected chi connectivity index (χ1v) is 8.67. The predicted molar refractivity (Wildman–Crippen MR) is 94.8 cm³/mol. The van der Waals surface area contributed by atoms with Crippen LogP contribution in [-0.4, -0.2) is 11.7 Å². The molecule has 1 unspecified atom stereocenters. The van der Waals surface area contributed by atoms with Gasteiger partial charge in [0, 0.05) is 18.4 Å². The highest BCUT2D eigenvalue weighted by atomic mass is 19.1. The Kier molecular flexibility index (Phi) is 5.27. The van der Waals surface area contributed by atoms with Crippen LogP contribution < -0.4 is 5.32 Å². The van der Waals surface area contributed by atoms with Crippen molar-refractivity contribution < 1.29 is 14.0 Å². The summed E-state index contributed by atoms with van der Waals surface area (Å²) in [6.45, 7) is 2.04. The summed E-state index contributed by atoms with van der Waals surface area (Å²) in [4.78, 5) is 24.4. The van der Waals surface area contributed by atoms with Crippen molar-refractivity contribution in [3.05, 3.63) is 71.0 Å². The standard InChI is InChI=1S/C21H22FNO2/c1-14-2-4-16(5-3-14)21(17-6-7-17)23-20(25)13-12-19(24)15-8-10-18(22)11-9-15/h2-5,8-11,17,21H,6-7,12-13H2,1H3,(H,23,25). The first-order valence-electron chi connectivity index (χ1n) is 8.67. The van der Waals surface area contributed by atoms with E-state index in [9.17, 15) is 14.0 Å². The molecule has 1 N–H and O–H groups in total. The van der Waals surface area contributed by atoms with Gasteiger partial charge in [-0.2, -0.15) is 0 Å². The van der Waals surface area contributed by atoms with Gasteiger partial charge in [0.1, 0.15) is 5.82 Å². The number of carbonyl (C=O) groups is 2. The van der Waals surface area contributed by atoms with Gasteiger partial charge in [0.25, 0.3) is 0 Å². The van der Waals surface area contributed by atoms with Crippen LogP contribution in [0.2, 0.25) is 0 Å². The molecule has 0 radical (unpaired) electrons. The zero-order valence-electron chi connectivity index (χ0n) is 14.3. The number of rotatable bonds is 7. The first kappa shape index (κ1) is 17.3. The van der Waals surface area contributed by atoms with Crippen molar-refractivity contribution in [2.24, 2.45) is 5.92 Å². The first-order chi connectivity index (χ1) is 12.0. The van der Waals surface area contributed by atoms with Gasteiger partial charge in [-0.3, -0.25) is 9.59 Å². The maximum absolute atomic E-state index is 12.9. The van der Waals surface area contributed by atoms with Gasteiger partial charge in [-0.25, -0.2) is 4.39 Å². The van der Waals surface area contributed by atoms with Crippen LogP contribution in [0.25, 0.3) is 0 Å². The predicted octanol–water partition coefficient (Wildman–Crippen LogP) is 4.36. The van der Waals surface area contributed by atoms with E-state index in [1.165, 1.54) is 29.8 Å². The van der Waals surface area contributed by atoms with Crippen molar-refractivity contribution in [2.75, 3.05) is 0 Å². The molecule has 3 rings (SSSR count). The van der Waals surface area contributed by atoms with Crippen molar-refractivity contribution in [2.45, 2.75) is 38.6 Å². The quantitative estimate of drug-likeness (QED) is 0.762. The summed E-state index contributed by atoms with van der Waals surface area (Å²) >= 11 is 0. The van der Waals surface area contributed by atoms with E-state index in [0.29, 0.717) is 11.5 Å². The lowest BCUT2D eigenvalue weighted by atomic mass is 10.0. The summed E-state index contributed by atoms with van der Waals surface area (Å²) in [6, 6.07) is 13.7. The molecule has 1 atom stereocenters. The van der Waals surface area contributed by atoms with Gasteiger partial charge >= 0.3 is 0 Å². The Morgan fingerprint density at radius 3 is 2.28 bits per heavy atom. The van der Waals surface area contributed by atoms with Crippen LogP contribution in [0.4, 0.5) is 4.39 Å². The third-order valence-corrected chi connectivity index (χ3v) is 4.59. The molecule has 1 saturated carbocycles. The molecule has 0 spiro atoms. The second kappa shape index (κ2) is 7.60. The maximum Gasteiger partial charge on any atom is 0.220 e. The van der Waals surface area contributed by atoms with Crippen LogP contribution in [0.15, 0.2) is 48.5 Å². The monoisotopic (exact) mass is 339 g/mol. The molecule has 0 bridgehead atoms. The van der Waals surface area contributed by atoms with E-state index in [0.717, 1.165) is 18.4 Å². The summed E-state index contributed by atoms with van der Waals surface area (Å²) in [6.07, 6.45) is 2.51. The molecule has 4 heteroatoms. The van der Waals surface area contributed by atoms with E-state index in [1.54, 1.807) is 0 Å². The van der Waals surface area contributed by atoms with Gasteiger partial charge in [0.15, 0.2) is 5.78 Å². The molecule has 1 amide bonds. The fraction of sp³-hybridized carbons (Fsp3) is 0.333. The molecule has 1 aliphatic rings. The Morgan fingerprint density at radius 1 is 1.04 bits per heavy atom. The van der Waals surface area contributed by atoms with Crippen molar-refractivity contribution in [1.29, 1.82) is 0 Å². The average molecular weight is 339 g/mol. The number of halogens is 1. The van der Waals surface area contributed by atoms with Crippen molar-refractivity contribution in [3.63, 3.8) is 0 Å². The minimum absolute atomic E-state index is 0.0222. The van der Waals surface area contributed by atoms with Crippen LogP contribution in [0.1, 0.15) is 53.2 Å². The molecule has 130 valence electrons. The fourth-order valence-corrected chi connectivity index (χ4v) is 2.93. The van der Waals surface area contributed by atoms with Crippen molar-refractivity contribution in [3.8, 4) is 0 Å². The van der Waals surface area contributed by atoms with Gasteiger partial charge < -0.3 is 5.32 Å². The van der Waals surface area contributed by atoms with E-state index >= 15 is 0 Å². The molecule has 1 fully saturated rings. The summed E-state index contributed by atoms with van der Waals surface area (Å²) in [5.74, 6) is -0.152. The SMILES string of the molecule is Cc1ccc(C(NC(=O)CCC(=O)c2ccc(F)cc2)C2CC2)cc1. The molecule has 0 aromatic heterocycles. The highest BCUT2D eigenvalue weighted by molar-refractivity contribution is 5.97. The molecule has 1 aliphatic carbocycles. The number of hydrogen-bond donors (Lipinski definition) is 1. The van der Waals surface area contributed by atoms with Crippen LogP contribution in [0.5, 0.6) is 0 Å². The minimum atomic E-state index is -0.375. The average Bonchev–Trinajstić information content (AvgIpc) is 3.44. The maximum atomic E-state index is 12.9. The Balaban J connectivity index is 1.56. The molecule has 0 aliphatic heterocycles. The van der Waals surface area contributed by atoms with E-state index in [2.05, 4.69) is 29.6 Å². The largest absolute Gasteiger partial charge is 0.349 e. The number of carbonyl (C=O) groups excluding carboxylic acids is 2. The second-order valence-electron chi connectivity index (χ2n) is 6.72. The molecule has 3 nitrogen and oxygen atoms in total. The number of hydrogen-bond acceptors (Lipinski definition) is 2. The highest BCUT2D eigenvalue weighted by Crippen LogP contribution is 2.41. The van der Waals surface area contributed by atoms with Gasteiger partial charge in [0.05, 0.1) is 6.04 Å². The molecule has 2 aromatic carbocycles. The Bertz CT molecular complexity index is 748. The lowest BCUT2D eigenvalue weighted by molar-refractivity contribution is -0.122. The van der Waals surface area contributed by atoms with Gasteiger partial charge in [-0.05, 0) is 55.5 Å². The lowest BCUT2D eigenvalue weighted by Crippen LogP contribution is -2.30. The normalized spacial score (nSPS) is 14.8. The van der Waals surface area contributed by atoms with E-state index in [-0.39, 0.29) is 36.4 Å². The lowest BCUT2D eigenvalue weighted by Gasteiger charge is -2.19. The summed E-state index contributed by atoms with van der Waals surface area (Å²) in [5.41, 5.74) is 2.74. The van der Waals surface area contributed by atoms with Crippen LogP contribution >= 0.6 is 0 Å². The number of amides is 1. The third-order valence-electron chi connectivity index (χ3n) is 4.59. The third kappa shape index (κ3) is 4.75. The number of Topliss-reactive ketones (excluding diaryl/α,β-unsaturated/α-hetero) is 1. The van der Waals surface area contributed by atoms with Crippen LogP contribution in [0.3, 0.4) is 0 Å². The molecular weight excluding hydrogens is 317 g/mol. The van der Waals surface area contributed by atoms with E-state index < -0.39 is 0 Å². The van der Waals surface area contributed by atoms with Gasteiger partial charge in [0.2, 0.25) is 5.91 Å². The van der Waals surface area contributed by atoms with E-state index in [1.807, 2.05) is 6.92 Å². The summed E-state index contributed by atoms with van der Waals surface area (Å²) in [7, 11) is 0. The summed E-state index contributed by atoms with van der Waals surface area (Å²) in [5, 5.41) is 3.08. The van der Waals surface area contributed by atoms with Gasteiger partial charge in [-0.15, -0.1) is 0 Å². The zero-order chi connectivity index (χ0) is 17.8. The van der Waals surface area contributed by atoms with Gasteiger partial charge in [-0.1, -0.05) is 29.8 Å². The van der Waals surface area contributed by atoms with Crippen LogP contribution in [0, 0.1) is 18.7 Å². The highest BCUT2D eigenvalue weighted by Gasteiger charge is 2.33. The molecular formula is C21H22FNO2. The molecule has 0 heterocycles. The smallest absolute Gasteiger partial charge is 0.220 e. The van der Waals surface area contributed by atoms with Crippen molar-refractivity contribution in [1.82, 2.24) is 5.32 Å². The molecule has 25 heavy (non-hydrogen) atoms. The zero-order valence-corrected chi connectivity index (χ0v) is 14.3. The second-order valence-corrected chi connectivity index (χ2v) is 6.72. The molecule has 0 saturated heterocycles. The Labute approximate surface area is 147 Å². The van der Waals surface area contributed by atoms with Crippen molar-refractivity contribution >= 4 is 11.7 Å². The Hall–Kier alpha value is -2.49. The van der Waals surface area contributed by atoms with E-state index in [4.69, 9.17) is 0 Å². The number of aryl methyl sites for hydroxylation is 1. The Morgan fingerprint density at radius 2 is 1.68 bits per heavy atom. The number of ketones is 1. The number of nitrogens with one attached hydrogen (secondary N) is 1. The summed E-state index contributed by atoms with van der Waals surface area (Å²) < 4.78 is 12.9.